The molecule has 0 saturated heterocycles. The Kier molecular flexibility index (Phi) is 61.5. The van der Waals surface area contributed by atoms with Crippen molar-refractivity contribution in [3.8, 4) is 0 Å². The van der Waals surface area contributed by atoms with Gasteiger partial charge in [-0.1, -0.05) is 294 Å². The van der Waals surface area contributed by atoms with Crippen molar-refractivity contribution in [2.45, 2.75) is 360 Å². The van der Waals surface area contributed by atoms with Crippen LogP contribution in [-0.4, -0.2) is 47.4 Å². The van der Waals surface area contributed by atoms with Crippen molar-refractivity contribution >= 4 is 11.9 Å². The summed E-state index contributed by atoms with van der Waals surface area (Å²) in [7, 11) is 0. The maximum atomic E-state index is 12.5. The second kappa shape index (κ2) is 63.4. The number of nitrogens with one attached hydrogen (secondary N) is 1. The van der Waals surface area contributed by atoms with E-state index < -0.39 is 12.1 Å². The first kappa shape index (κ1) is 71.8. The lowest BCUT2D eigenvalue weighted by Gasteiger charge is -2.22. The van der Waals surface area contributed by atoms with Gasteiger partial charge >= 0.3 is 5.97 Å². The molecule has 0 heterocycles. The van der Waals surface area contributed by atoms with E-state index in [1.54, 1.807) is 0 Å². The lowest BCUT2D eigenvalue weighted by Crippen LogP contribution is -2.45. The average Bonchev–Trinajstić information content (AvgIpc) is 3.40. The van der Waals surface area contributed by atoms with Crippen LogP contribution < -0.4 is 5.32 Å². The van der Waals surface area contributed by atoms with E-state index >= 15 is 0 Å². The van der Waals surface area contributed by atoms with E-state index in [1.807, 2.05) is 0 Å². The number of aliphatic hydroxyl groups excluding tert-OH is 2. The van der Waals surface area contributed by atoms with Crippen LogP contribution in [0, 0.1) is 0 Å². The van der Waals surface area contributed by atoms with E-state index in [9.17, 15) is 19.8 Å². The van der Waals surface area contributed by atoms with Gasteiger partial charge in [0.2, 0.25) is 5.91 Å². The average molecular weight is 1040 g/mol. The summed E-state index contributed by atoms with van der Waals surface area (Å²) >= 11 is 0. The van der Waals surface area contributed by atoms with Crippen molar-refractivity contribution in [3.05, 3.63) is 48.6 Å². The number of aliphatic hydroxyl groups is 2. The summed E-state index contributed by atoms with van der Waals surface area (Å²) in [6.07, 6.45) is 81.3. The molecule has 6 nitrogen and oxygen atoms in total. The summed E-state index contributed by atoms with van der Waals surface area (Å²) in [4.78, 5) is 24.6. The molecule has 2 atom stereocenters. The summed E-state index contributed by atoms with van der Waals surface area (Å²) in [6.45, 7) is 4.94. The van der Waals surface area contributed by atoms with Gasteiger partial charge in [-0.15, -0.1) is 0 Å². The van der Waals surface area contributed by atoms with E-state index in [2.05, 4.69) is 67.8 Å². The largest absolute Gasteiger partial charge is 0.466 e. The van der Waals surface area contributed by atoms with Crippen LogP contribution in [0.4, 0.5) is 0 Å². The van der Waals surface area contributed by atoms with E-state index in [4.69, 9.17) is 4.74 Å². The molecule has 0 fully saturated rings. The molecule has 0 aromatic heterocycles. The predicted octanol–water partition coefficient (Wildman–Crippen LogP) is 20.9. The fourth-order valence-corrected chi connectivity index (χ4v) is 10.1. The van der Waals surface area contributed by atoms with Crippen molar-refractivity contribution in [3.63, 3.8) is 0 Å². The van der Waals surface area contributed by atoms with Gasteiger partial charge in [0.15, 0.2) is 0 Å². The van der Waals surface area contributed by atoms with Gasteiger partial charge in [-0.2, -0.15) is 0 Å². The maximum absolute atomic E-state index is 12.5. The zero-order valence-electron chi connectivity index (χ0n) is 49.6. The molecule has 0 radical (unpaired) electrons. The Morgan fingerprint density at radius 2 is 0.676 bits per heavy atom. The first-order chi connectivity index (χ1) is 36.5. The molecule has 2 unspecified atom stereocenters. The number of carbonyl (C=O) groups excluding carboxylic acids is 2. The Labute approximate surface area is 461 Å². The van der Waals surface area contributed by atoms with Crippen molar-refractivity contribution < 1.29 is 24.5 Å². The van der Waals surface area contributed by atoms with Gasteiger partial charge in [0.25, 0.3) is 0 Å². The number of rotatable bonds is 61. The summed E-state index contributed by atoms with van der Waals surface area (Å²) < 4.78 is 5.49. The fourth-order valence-electron chi connectivity index (χ4n) is 10.1. The molecule has 1 amide bonds. The quantitative estimate of drug-likeness (QED) is 0.0320. The third kappa shape index (κ3) is 59.1. The fraction of sp³-hybridized carbons (Fsp3) is 0.853. The highest BCUT2D eigenvalue weighted by Crippen LogP contribution is 2.17. The molecule has 0 aliphatic heterocycles. The third-order valence-electron chi connectivity index (χ3n) is 15.1. The Hall–Kier alpha value is -2.18. The van der Waals surface area contributed by atoms with E-state index in [1.165, 1.54) is 250 Å². The molecule has 3 N–H and O–H groups in total. The van der Waals surface area contributed by atoms with Crippen LogP contribution in [0.1, 0.15) is 348 Å². The molecule has 74 heavy (non-hydrogen) atoms. The van der Waals surface area contributed by atoms with Gasteiger partial charge in [-0.25, -0.2) is 0 Å². The van der Waals surface area contributed by atoms with Gasteiger partial charge in [0, 0.05) is 12.8 Å². The van der Waals surface area contributed by atoms with Crippen LogP contribution in [-0.2, 0) is 14.3 Å². The second-order valence-electron chi connectivity index (χ2n) is 22.4. The number of ether oxygens (including phenoxy) is 1. The van der Waals surface area contributed by atoms with Crippen LogP contribution in [0.2, 0.25) is 0 Å². The molecular formula is C68H127NO5. The number of hydrogen-bond donors (Lipinski definition) is 3. The first-order valence-corrected chi connectivity index (χ1v) is 32.9. The lowest BCUT2D eigenvalue weighted by atomic mass is 10.0. The number of unbranched alkanes of at least 4 members (excludes halogenated alkanes) is 42. The van der Waals surface area contributed by atoms with E-state index in [0.717, 1.165) is 64.2 Å². The monoisotopic (exact) mass is 1040 g/mol. The van der Waals surface area contributed by atoms with Gasteiger partial charge < -0.3 is 20.3 Å². The van der Waals surface area contributed by atoms with Gasteiger partial charge in [-0.3, -0.25) is 9.59 Å². The van der Waals surface area contributed by atoms with Gasteiger partial charge in [0.05, 0.1) is 25.4 Å². The molecule has 0 spiro atoms. The number of allylic oxidation sites excluding steroid dienone is 8. The lowest BCUT2D eigenvalue weighted by molar-refractivity contribution is -0.143. The number of carbonyl (C=O) groups is 2. The first-order valence-electron chi connectivity index (χ1n) is 32.9. The molecule has 0 aromatic rings. The van der Waals surface area contributed by atoms with Crippen LogP contribution >= 0.6 is 0 Å². The van der Waals surface area contributed by atoms with Crippen molar-refractivity contribution in [1.82, 2.24) is 5.32 Å². The van der Waals surface area contributed by atoms with Crippen molar-refractivity contribution in [2.75, 3.05) is 13.2 Å². The van der Waals surface area contributed by atoms with Crippen LogP contribution in [0.5, 0.6) is 0 Å². The molecule has 0 rings (SSSR count). The topological polar surface area (TPSA) is 95.9 Å². The maximum Gasteiger partial charge on any atom is 0.305 e. The Morgan fingerprint density at radius 3 is 1.04 bits per heavy atom. The number of hydrogen-bond acceptors (Lipinski definition) is 5. The normalized spacial score (nSPS) is 12.9. The molecule has 0 saturated carbocycles. The summed E-state index contributed by atoms with van der Waals surface area (Å²) in [5.74, 6) is -0.0443. The van der Waals surface area contributed by atoms with Crippen LogP contribution in [0.15, 0.2) is 48.6 Å². The minimum absolute atomic E-state index is 0.000247. The highest BCUT2D eigenvalue weighted by atomic mass is 16.5. The zero-order chi connectivity index (χ0) is 53.6. The summed E-state index contributed by atoms with van der Waals surface area (Å²) in [5, 5.41) is 23.3. The number of esters is 1. The van der Waals surface area contributed by atoms with Crippen molar-refractivity contribution in [2.24, 2.45) is 0 Å². The van der Waals surface area contributed by atoms with Crippen LogP contribution in [0.3, 0.4) is 0 Å². The smallest absolute Gasteiger partial charge is 0.305 e. The molecule has 0 bridgehead atoms. The predicted molar refractivity (Wildman–Crippen MR) is 324 cm³/mol. The molecule has 0 aliphatic rings. The molecule has 0 aromatic carbocycles. The van der Waals surface area contributed by atoms with Gasteiger partial charge in [-0.05, 0) is 89.9 Å². The minimum Gasteiger partial charge on any atom is -0.466 e. The molecule has 0 aliphatic carbocycles. The molecular weight excluding hydrogens is 911 g/mol. The third-order valence-corrected chi connectivity index (χ3v) is 15.1. The van der Waals surface area contributed by atoms with Crippen LogP contribution in [0.25, 0.3) is 0 Å². The second-order valence-corrected chi connectivity index (χ2v) is 22.4. The minimum atomic E-state index is -0.672. The van der Waals surface area contributed by atoms with Gasteiger partial charge in [0.1, 0.15) is 0 Å². The highest BCUT2D eigenvalue weighted by molar-refractivity contribution is 5.76. The molecule has 6 heteroatoms. The zero-order valence-corrected chi connectivity index (χ0v) is 49.6. The summed E-state index contributed by atoms with van der Waals surface area (Å²) in [6, 6.07) is -0.550. The highest BCUT2D eigenvalue weighted by Gasteiger charge is 2.20. The SMILES string of the molecule is CCCCCC/C=C\C/C=C\CCCCCCCCCC(=O)OCCCCCCCCCCC/C=C\C/C=C\CCCCCCCCCC(=O)NC(CO)C(O)CCCCCCCCCCCCCCCCCC. The Morgan fingerprint density at radius 1 is 0.378 bits per heavy atom. The standard InChI is InChI=1S/C68H127NO5/c1-3-5-7-9-11-13-15-17-19-21-30-34-38-42-46-50-54-58-62-68(73)74-63-59-55-51-47-43-39-35-31-28-26-24-22-23-25-27-29-33-37-41-45-49-53-57-61-67(72)69-65(64-70)66(71)60-56-52-48-44-40-36-32-20-18-16-14-12-10-8-6-4-2/h13,15,19,21-22,24-25,27,65-66,70-71H,3-12,14,16-18,20,23,26,28-64H2,1-2H3,(H,69,72)/b15-13-,21-19-,24-22-,27-25-. The Bertz CT molecular complexity index is 1240. The van der Waals surface area contributed by atoms with Crippen molar-refractivity contribution in [1.29, 1.82) is 0 Å². The molecule has 434 valence electrons. The van der Waals surface area contributed by atoms with E-state index in [-0.39, 0.29) is 18.5 Å². The Balaban J connectivity index is 3.44. The number of amides is 1. The van der Waals surface area contributed by atoms with E-state index in [0.29, 0.717) is 25.9 Å². The summed E-state index contributed by atoms with van der Waals surface area (Å²) in [5.41, 5.74) is 0.